The molecule has 33 valence electrons. The molecule has 0 atom stereocenters. The van der Waals surface area contributed by atoms with E-state index in [2.05, 4.69) is 0 Å². The van der Waals surface area contributed by atoms with Crippen molar-refractivity contribution in [1.29, 1.82) is 0 Å². The topological polar surface area (TPSA) is 20.3 Å². The molecule has 0 spiro atoms. The first-order valence-electron chi connectivity index (χ1n) is 1.39. The standard InChI is InChI=1S/C3H7NO.La/c1-4(2)3-5;/h3H,1-2H3;. The Morgan fingerprint density at radius 3 is 1.67 bits per heavy atom. The molecule has 0 saturated heterocycles. The Labute approximate surface area is 65.5 Å². The maximum atomic E-state index is 9.43. The predicted molar refractivity (Wildman–Crippen MR) is 19.8 cm³/mol. The van der Waals surface area contributed by atoms with E-state index in [-0.39, 0.29) is 35.6 Å². The summed E-state index contributed by atoms with van der Waals surface area (Å²) >= 11 is 0. The summed E-state index contributed by atoms with van der Waals surface area (Å²) in [5.74, 6) is 0. The zero-order valence-corrected chi connectivity index (χ0v) is 7.64. The normalized spacial score (nSPS) is 5.67. The van der Waals surface area contributed by atoms with E-state index in [1.165, 1.54) is 4.90 Å². The van der Waals surface area contributed by atoms with Gasteiger partial charge in [-0.25, -0.2) is 0 Å². The Bertz CT molecular complexity index is 37.8. The van der Waals surface area contributed by atoms with Crippen molar-refractivity contribution < 1.29 is 40.4 Å². The summed E-state index contributed by atoms with van der Waals surface area (Å²) in [7, 11) is 3.38. The van der Waals surface area contributed by atoms with Crippen LogP contribution in [0, 0.1) is 35.6 Å². The molecular weight excluding hydrogens is 205 g/mol. The minimum Gasteiger partial charge on any atom is -0.351 e. The van der Waals surface area contributed by atoms with Crippen LogP contribution in [0.3, 0.4) is 0 Å². The molecule has 1 radical (unpaired) electrons. The second-order valence-corrected chi connectivity index (χ2v) is 1.07. The van der Waals surface area contributed by atoms with Crippen LogP contribution in [0.15, 0.2) is 0 Å². The van der Waals surface area contributed by atoms with Crippen LogP contribution < -0.4 is 0 Å². The van der Waals surface area contributed by atoms with Gasteiger partial charge in [-0.05, 0) is 0 Å². The minimum atomic E-state index is 0. The maximum absolute atomic E-state index is 9.43. The van der Waals surface area contributed by atoms with E-state index in [0.717, 1.165) is 6.41 Å². The summed E-state index contributed by atoms with van der Waals surface area (Å²) in [5, 5.41) is 0. The average Bonchev–Trinajstić information content (AvgIpc) is 1.38. The van der Waals surface area contributed by atoms with Crippen LogP contribution in [0.25, 0.3) is 0 Å². The van der Waals surface area contributed by atoms with Crippen LogP contribution in [-0.2, 0) is 4.79 Å². The number of hydrogen-bond acceptors (Lipinski definition) is 1. The molecule has 1 amide bonds. The summed E-state index contributed by atoms with van der Waals surface area (Å²) in [4.78, 5) is 10.9. The molecule has 0 heterocycles. The number of hydrogen-bond donors (Lipinski definition) is 0. The van der Waals surface area contributed by atoms with Crippen LogP contribution >= 0.6 is 0 Å². The van der Waals surface area contributed by atoms with Crippen molar-refractivity contribution in [2.24, 2.45) is 0 Å². The summed E-state index contributed by atoms with van der Waals surface area (Å²) in [6, 6.07) is 0. The Hall–Kier alpha value is 0.665. The Balaban J connectivity index is 0. The number of rotatable bonds is 1. The molecular formula is C3H7LaNO. The van der Waals surface area contributed by atoms with E-state index in [1.54, 1.807) is 14.1 Å². The van der Waals surface area contributed by atoms with Gasteiger partial charge >= 0.3 is 0 Å². The van der Waals surface area contributed by atoms with Gasteiger partial charge in [0.15, 0.2) is 0 Å². The summed E-state index contributed by atoms with van der Waals surface area (Å²) in [6.07, 6.45) is 0.750. The van der Waals surface area contributed by atoms with Crippen LogP contribution in [0.1, 0.15) is 0 Å². The molecule has 0 fully saturated rings. The Morgan fingerprint density at radius 2 is 1.67 bits per heavy atom. The van der Waals surface area contributed by atoms with E-state index < -0.39 is 0 Å². The Morgan fingerprint density at radius 1 is 1.50 bits per heavy atom. The quantitative estimate of drug-likeness (QED) is 0.546. The molecule has 6 heavy (non-hydrogen) atoms. The number of carbonyl (C=O) groups is 1. The largest absolute Gasteiger partial charge is 0.351 e. The van der Waals surface area contributed by atoms with Gasteiger partial charge in [0, 0.05) is 49.7 Å². The second-order valence-electron chi connectivity index (χ2n) is 1.07. The number of nitrogens with zero attached hydrogens (tertiary/aromatic N) is 1. The molecule has 0 aliphatic heterocycles. The fourth-order valence-corrected chi connectivity index (χ4v) is 0. The second kappa shape index (κ2) is 5.66. The first-order chi connectivity index (χ1) is 2.27. The van der Waals surface area contributed by atoms with Crippen LogP contribution in [0.5, 0.6) is 0 Å². The predicted octanol–water partition coefficient (Wildman–Crippen LogP) is -0.296. The zero-order chi connectivity index (χ0) is 4.28. The van der Waals surface area contributed by atoms with Gasteiger partial charge in [-0.1, -0.05) is 0 Å². The van der Waals surface area contributed by atoms with E-state index in [0.29, 0.717) is 0 Å². The average molecular weight is 212 g/mol. The van der Waals surface area contributed by atoms with Gasteiger partial charge < -0.3 is 4.90 Å². The summed E-state index contributed by atoms with van der Waals surface area (Å²) < 4.78 is 0. The molecule has 3 heteroatoms. The summed E-state index contributed by atoms with van der Waals surface area (Å²) in [6.45, 7) is 0. The molecule has 2 nitrogen and oxygen atoms in total. The fourth-order valence-electron chi connectivity index (χ4n) is 0. The van der Waals surface area contributed by atoms with E-state index in [1.807, 2.05) is 0 Å². The van der Waals surface area contributed by atoms with Crippen molar-refractivity contribution in [2.45, 2.75) is 0 Å². The van der Waals surface area contributed by atoms with Crippen molar-refractivity contribution in [3.05, 3.63) is 0 Å². The molecule has 0 aromatic heterocycles. The fraction of sp³-hybridized carbons (Fsp3) is 0.667. The summed E-state index contributed by atoms with van der Waals surface area (Å²) in [5.41, 5.74) is 0. The molecule has 0 aromatic rings. The molecule has 0 aliphatic carbocycles. The van der Waals surface area contributed by atoms with Gasteiger partial charge in [0.25, 0.3) is 0 Å². The van der Waals surface area contributed by atoms with Gasteiger partial charge in [-0.3, -0.25) is 4.79 Å². The monoisotopic (exact) mass is 212 g/mol. The molecule has 0 aromatic carbocycles. The van der Waals surface area contributed by atoms with Crippen molar-refractivity contribution in [2.75, 3.05) is 14.1 Å². The molecule has 0 saturated carbocycles. The number of amides is 1. The van der Waals surface area contributed by atoms with Crippen molar-refractivity contribution in [3.8, 4) is 0 Å². The smallest absolute Gasteiger partial charge is 0.209 e. The molecule has 0 unspecified atom stereocenters. The molecule has 0 rings (SSSR count). The SMILES string of the molecule is CN(C)C=O.[La]. The minimum absolute atomic E-state index is 0. The van der Waals surface area contributed by atoms with Crippen LogP contribution in [0.4, 0.5) is 0 Å². The van der Waals surface area contributed by atoms with Crippen molar-refractivity contribution >= 4 is 6.41 Å². The van der Waals surface area contributed by atoms with Crippen molar-refractivity contribution in [1.82, 2.24) is 4.90 Å². The van der Waals surface area contributed by atoms with Crippen LogP contribution in [0.2, 0.25) is 0 Å². The van der Waals surface area contributed by atoms with Gasteiger partial charge in [0.05, 0.1) is 0 Å². The van der Waals surface area contributed by atoms with E-state index in [9.17, 15) is 4.79 Å². The molecule has 0 aliphatic rings. The third-order valence-electron chi connectivity index (χ3n) is 0.211. The Kier molecular flexibility index (Phi) is 9.28. The molecule has 0 bridgehead atoms. The molecule has 0 N–H and O–H groups in total. The first kappa shape index (κ1) is 9.83. The van der Waals surface area contributed by atoms with Gasteiger partial charge in [0.1, 0.15) is 0 Å². The van der Waals surface area contributed by atoms with E-state index in [4.69, 9.17) is 0 Å². The third kappa shape index (κ3) is 8.82. The van der Waals surface area contributed by atoms with E-state index >= 15 is 0 Å². The van der Waals surface area contributed by atoms with Crippen molar-refractivity contribution in [3.63, 3.8) is 0 Å². The first-order valence-corrected chi connectivity index (χ1v) is 1.39. The van der Waals surface area contributed by atoms with Gasteiger partial charge in [0.2, 0.25) is 6.41 Å². The maximum Gasteiger partial charge on any atom is 0.209 e. The third-order valence-corrected chi connectivity index (χ3v) is 0.211. The van der Waals surface area contributed by atoms with Gasteiger partial charge in [-0.15, -0.1) is 0 Å². The van der Waals surface area contributed by atoms with Gasteiger partial charge in [-0.2, -0.15) is 0 Å². The zero-order valence-electron chi connectivity index (χ0n) is 4.01. The number of carbonyl (C=O) groups excluding carboxylic acids is 1. The van der Waals surface area contributed by atoms with Crippen LogP contribution in [-0.4, -0.2) is 25.4 Å².